The molecular weight excluding hydrogens is 290 g/mol. The number of esters is 1. The normalized spacial score (nSPS) is 20.6. The fourth-order valence-corrected chi connectivity index (χ4v) is 3.48. The third kappa shape index (κ3) is 2.64. The zero-order chi connectivity index (χ0) is 14.9. The van der Waals surface area contributed by atoms with Crippen LogP contribution in [0.3, 0.4) is 0 Å². The quantitative estimate of drug-likeness (QED) is 0.789. The van der Waals surface area contributed by atoms with E-state index in [1.807, 2.05) is 12.1 Å². The van der Waals surface area contributed by atoms with Crippen LogP contribution < -0.4 is 0 Å². The van der Waals surface area contributed by atoms with Crippen LogP contribution in [-0.4, -0.2) is 35.5 Å². The first-order chi connectivity index (χ1) is 10.1. The second-order valence-electron chi connectivity index (χ2n) is 5.72. The summed E-state index contributed by atoms with van der Waals surface area (Å²) >= 11 is 5.86. The number of amides is 1. The van der Waals surface area contributed by atoms with Crippen LogP contribution in [0.2, 0.25) is 5.02 Å². The third-order valence-electron chi connectivity index (χ3n) is 4.45. The minimum atomic E-state index is -0.707. The van der Waals surface area contributed by atoms with Crippen molar-refractivity contribution in [2.75, 3.05) is 13.2 Å². The smallest absolute Gasteiger partial charge is 0.332 e. The van der Waals surface area contributed by atoms with Gasteiger partial charge in [-0.05, 0) is 30.5 Å². The van der Waals surface area contributed by atoms with Crippen molar-refractivity contribution in [3.8, 4) is 0 Å². The van der Waals surface area contributed by atoms with Crippen molar-refractivity contribution >= 4 is 23.5 Å². The number of nitrogens with zero attached hydrogens (tertiary/aromatic N) is 1. The molecule has 1 saturated heterocycles. The van der Waals surface area contributed by atoms with Gasteiger partial charge in [0.05, 0.1) is 13.0 Å². The van der Waals surface area contributed by atoms with E-state index in [1.165, 1.54) is 0 Å². The number of hydrogen-bond acceptors (Lipinski definition) is 3. The monoisotopic (exact) mass is 307 g/mol. The van der Waals surface area contributed by atoms with Gasteiger partial charge in [0.2, 0.25) is 5.91 Å². The van der Waals surface area contributed by atoms with Crippen LogP contribution in [0, 0.1) is 0 Å². The van der Waals surface area contributed by atoms with Crippen molar-refractivity contribution in [2.24, 2.45) is 0 Å². The van der Waals surface area contributed by atoms with Crippen molar-refractivity contribution in [3.05, 3.63) is 34.9 Å². The van der Waals surface area contributed by atoms with Gasteiger partial charge in [-0.2, -0.15) is 0 Å². The summed E-state index contributed by atoms with van der Waals surface area (Å²) < 4.78 is 5.21. The zero-order valence-corrected chi connectivity index (χ0v) is 12.6. The number of cyclic esters (lactones) is 1. The molecule has 1 aromatic carbocycles. The topological polar surface area (TPSA) is 46.6 Å². The molecule has 1 saturated carbocycles. The number of ether oxygens (including phenoxy) is 1. The molecule has 4 nitrogen and oxygen atoms in total. The molecule has 5 heteroatoms. The van der Waals surface area contributed by atoms with E-state index in [9.17, 15) is 9.59 Å². The Bertz CT molecular complexity index is 549. The Morgan fingerprint density at radius 2 is 1.90 bits per heavy atom. The Morgan fingerprint density at radius 3 is 2.57 bits per heavy atom. The first-order valence-electron chi connectivity index (χ1n) is 7.34. The summed E-state index contributed by atoms with van der Waals surface area (Å²) in [4.78, 5) is 26.6. The van der Waals surface area contributed by atoms with Gasteiger partial charge in [0.15, 0.2) is 0 Å². The molecule has 21 heavy (non-hydrogen) atoms. The number of halogens is 1. The molecule has 0 N–H and O–H groups in total. The van der Waals surface area contributed by atoms with Gasteiger partial charge in [-0.15, -0.1) is 0 Å². The molecule has 1 amide bonds. The van der Waals surface area contributed by atoms with E-state index in [0.29, 0.717) is 24.6 Å². The summed E-state index contributed by atoms with van der Waals surface area (Å²) in [6.45, 7) is 0.797. The molecule has 0 bridgehead atoms. The summed E-state index contributed by atoms with van der Waals surface area (Å²) in [5.41, 5.74) is 0.207. The highest BCUT2D eigenvalue weighted by Crippen LogP contribution is 2.38. The Labute approximate surface area is 129 Å². The van der Waals surface area contributed by atoms with Crippen molar-refractivity contribution in [1.29, 1.82) is 0 Å². The van der Waals surface area contributed by atoms with Crippen LogP contribution in [0.15, 0.2) is 24.3 Å². The predicted molar refractivity (Wildman–Crippen MR) is 79.0 cm³/mol. The van der Waals surface area contributed by atoms with Crippen molar-refractivity contribution in [2.45, 2.75) is 37.6 Å². The number of hydrogen-bond donors (Lipinski definition) is 0. The van der Waals surface area contributed by atoms with Crippen LogP contribution >= 0.6 is 11.6 Å². The lowest BCUT2D eigenvalue weighted by molar-refractivity contribution is -0.174. The second-order valence-corrected chi connectivity index (χ2v) is 6.16. The molecule has 1 spiro atoms. The van der Waals surface area contributed by atoms with Gasteiger partial charge in [0.25, 0.3) is 0 Å². The lowest BCUT2D eigenvalue weighted by atomic mass is 9.93. The molecule has 112 valence electrons. The minimum absolute atomic E-state index is 0.00382. The van der Waals surface area contributed by atoms with Crippen LogP contribution in [0.4, 0.5) is 0 Å². The molecule has 1 aliphatic carbocycles. The van der Waals surface area contributed by atoms with E-state index in [4.69, 9.17) is 16.3 Å². The first-order valence-corrected chi connectivity index (χ1v) is 7.72. The van der Waals surface area contributed by atoms with E-state index < -0.39 is 5.54 Å². The van der Waals surface area contributed by atoms with E-state index in [1.54, 1.807) is 17.0 Å². The summed E-state index contributed by atoms with van der Waals surface area (Å²) in [6, 6.07) is 7.26. The Balaban J connectivity index is 1.79. The number of benzene rings is 1. The lowest BCUT2D eigenvalue weighted by Crippen LogP contribution is -2.60. The summed E-state index contributed by atoms with van der Waals surface area (Å²) in [5.74, 6) is -0.230. The standard InChI is InChI=1S/C16H18ClNO3/c17-13-5-3-12(4-6-13)11-14(19)18-9-10-21-15(20)16(18)7-1-2-8-16/h3-6H,1-2,7-11H2. The summed E-state index contributed by atoms with van der Waals surface area (Å²) in [6.07, 6.45) is 3.68. The Morgan fingerprint density at radius 1 is 1.24 bits per heavy atom. The molecule has 0 atom stereocenters. The van der Waals surface area contributed by atoms with E-state index in [2.05, 4.69) is 0 Å². The second kappa shape index (κ2) is 5.68. The molecule has 1 aromatic rings. The molecule has 2 fully saturated rings. The maximum absolute atomic E-state index is 12.6. The SMILES string of the molecule is O=C(Cc1ccc(Cl)cc1)N1CCOC(=O)C12CCCC2. The van der Waals surface area contributed by atoms with Gasteiger partial charge < -0.3 is 9.64 Å². The zero-order valence-electron chi connectivity index (χ0n) is 11.8. The lowest BCUT2D eigenvalue weighted by Gasteiger charge is -2.42. The van der Waals surface area contributed by atoms with E-state index in [-0.39, 0.29) is 11.9 Å². The van der Waals surface area contributed by atoms with E-state index in [0.717, 1.165) is 31.2 Å². The molecule has 2 aliphatic rings. The van der Waals surface area contributed by atoms with Crippen molar-refractivity contribution in [3.63, 3.8) is 0 Å². The summed E-state index contributed by atoms with van der Waals surface area (Å²) in [5, 5.41) is 0.653. The Kier molecular flexibility index (Phi) is 3.89. The van der Waals surface area contributed by atoms with E-state index >= 15 is 0 Å². The maximum atomic E-state index is 12.6. The maximum Gasteiger partial charge on any atom is 0.332 e. The van der Waals surface area contributed by atoms with Crippen LogP contribution in [0.5, 0.6) is 0 Å². The Hall–Kier alpha value is -1.55. The van der Waals surface area contributed by atoms with Gasteiger partial charge in [0.1, 0.15) is 12.1 Å². The molecule has 1 aliphatic heterocycles. The van der Waals surface area contributed by atoms with Crippen LogP contribution in [0.1, 0.15) is 31.2 Å². The number of rotatable bonds is 2. The summed E-state index contributed by atoms with van der Waals surface area (Å²) in [7, 11) is 0. The van der Waals surface area contributed by atoms with Gasteiger partial charge in [-0.3, -0.25) is 4.79 Å². The third-order valence-corrected chi connectivity index (χ3v) is 4.70. The van der Waals surface area contributed by atoms with Crippen molar-refractivity contribution in [1.82, 2.24) is 4.90 Å². The predicted octanol–water partition coefficient (Wildman–Crippen LogP) is 2.58. The highest BCUT2D eigenvalue weighted by Gasteiger charge is 2.51. The average molecular weight is 308 g/mol. The highest BCUT2D eigenvalue weighted by molar-refractivity contribution is 6.30. The molecule has 0 unspecified atom stereocenters. The number of morpholine rings is 1. The minimum Gasteiger partial charge on any atom is -0.462 e. The highest BCUT2D eigenvalue weighted by atomic mass is 35.5. The molecule has 0 aromatic heterocycles. The average Bonchev–Trinajstić information content (AvgIpc) is 2.95. The number of carbonyl (C=O) groups is 2. The van der Waals surface area contributed by atoms with Gasteiger partial charge >= 0.3 is 5.97 Å². The largest absolute Gasteiger partial charge is 0.462 e. The number of carbonyl (C=O) groups excluding carboxylic acids is 2. The molecule has 1 heterocycles. The molecule has 0 radical (unpaired) electrons. The van der Waals surface area contributed by atoms with Gasteiger partial charge in [0, 0.05) is 5.02 Å². The molecular formula is C16H18ClNO3. The molecule has 3 rings (SSSR count). The van der Waals surface area contributed by atoms with Crippen LogP contribution in [0.25, 0.3) is 0 Å². The van der Waals surface area contributed by atoms with Gasteiger partial charge in [-0.1, -0.05) is 36.6 Å². The van der Waals surface area contributed by atoms with Crippen LogP contribution in [-0.2, 0) is 20.7 Å². The fraction of sp³-hybridized carbons (Fsp3) is 0.500. The van der Waals surface area contributed by atoms with Crippen molar-refractivity contribution < 1.29 is 14.3 Å². The first kappa shape index (κ1) is 14.4. The van der Waals surface area contributed by atoms with Gasteiger partial charge in [-0.25, -0.2) is 4.79 Å². The fourth-order valence-electron chi connectivity index (χ4n) is 3.36.